The maximum absolute atomic E-state index is 3.48. The summed E-state index contributed by atoms with van der Waals surface area (Å²) in [6.07, 6.45) is 8.75. The van der Waals surface area contributed by atoms with E-state index in [9.17, 15) is 0 Å². The molecule has 0 bridgehead atoms. The molecule has 3 aliphatic rings. The third-order valence-corrected chi connectivity index (χ3v) is 4.77. The Morgan fingerprint density at radius 3 is 2.24 bits per heavy atom. The van der Waals surface area contributed by atoms with Gasteiger partial charge in [-0.2, -0.15) is 0 Å². The summed E-state index contributed by atoms with van der Waals surface area (Å²) in [6, 6.07) is 1.84. The third kappa shape index (κ3) is 3.59. The summed E-state index contributed by atoms with van der Waals surface area (Å²) in [5.41, 5.74) is 0. The van der Waals surface area contributed by atoms with Gasteiger partial charge < -0.3 is 5.32 Å². The molecule has 100 valence electrons. The predicted molar refractivity (Wildman–Crippen MR) is 74.8 cm³/mol. The van der Waals surface area contributed by atoms with Crippen molar-refractivity contribution in [2.45, 2.75) is 57.5 Å². The molecule has 1 heterocycles. The van der Waals surface area contributed by atoms with E-state index < -0.39 is 0 Å². The molecule has 0 aromatic rings. The van der Waals surface area contributed by atoms with Gasteiger partial charge in [-0.05, 0) is 70.4 Å². The fourth-order valence-corrected chi connectivity index (χ4v) is 3.27. The van der Waals surface area contributed by atoms with Gasteiger partial charge in [0.2, 0.25) is 0 Å². The van der Waals surface area contributed by atoms with Crippen LogP contribution in [0.15, 0.2) is 0 Å². The van der Waals surface area contributed by atoms with E-state index in [-0.39, 0.29) is 12.4 Å². The van der Waals surface area contributed by atoms with Crippen molar-refractivity contribution in [1.29, 1.82) is 0 Å². The molecule has 3 fully saturated rings. The van der Waals surface area contributed by atoms with E-state index in [0.717, 1.165) is 23.9 Å². The number of nitrogens with one attached hydrogen (secondary N) is 1. The SMILES string of the molecule is CC(C1CC1)N(CC1CCNCC1)C1CC1.Cl. The molecule has 1 atom stereocenters. The minimum Gasteiger partial charge on any atom is -0.317 e. The molecule has 0 aromatic heterocycles. The molecule has 1 N–H and O–H groups in total. The van der Waals surface area contributed by atoms with Gasteiger partial charge in [0.1, 0.15) is 0 Å². The fraction of sp³-hybridized carbons (Fsp3) is 1.00. The summed E-state index contributed by atoms with van der Waals surface area (Å²) in [5.74, 6) is 2.02. The van der Waals surface area contributed by atoms with E-state index in [0.29, 0.717) is 0 Å². The van der Waals surface area contributed by atoms with Crippen LogP contribution in [0.2, 0.25) is 0 Å². The summed E-state index contributed by atoms with van der Waals surface area (Å²) in [5, 5.41) is 3.48. The van der Waals surface area contributed by atoms with Crippen molar-refractivity contribution >= 4 is 12.4 Å². The number of nitrogens with zero attached hydrogens (tertiary/aromatic N) is 1. The van der Waals surface area contributed by atoms with E-state index in [1.165, 1.54) is 58.2 Å². The van der Waals surface area contributed by atoms with Crippen LogP contribution in [0.3, 0.4) is 0 Å². The predicted octanol–water partition coefficient (Wildman–Crippen LogP) is 2.67. The highest BCUT2D eigenvalue weighted by molar-refractivity contribution is 5.85. The molecule has 3 rings (SSSR count). The topological polar surface area (TPSA) is 15.3 Å². The standard InChI is InChI=1S/C14H26N2.ClH/c1-11(13-2-3-13)16(14-4-5-14)10-12-6-8-15-9-7-12;/h11-15H,2-10H2,1H3;1H. The number of hydrogen-bond donors (Lipinski definition) is 1. The van der Waals surface area contributed by atoms with Crippen LogP contribution in [-0.4, -0.2) is 36.6 Å². The molecular weight excluding hydrogens is 232 g/mol. The molecule has 2 aliphatic carbocycles. The van der Waals surface area contributed by atoms with Gasteiger partial charge in [0.15, 0.2) is 0 Å². The van der Waals surface area contributed by atoms with Crippen molar-refractivity contribution in [1.82, 2.24) is 10.2 Å². The molecule has 2 saturated carbocycles. The second kappa shape index (κ2) is 5.90. The summed E-state index contributed by atoms with van der Waals surface area (Å²) < 4.78 is 0. The Hall–Kier alpha value is 0.210. The Labute approximate surface area is 112 Å². The van der Waals surface area contributed by atoms with Crippen LogP contribution >= 0.6 is 12.4 Å². The Balaban J connectivity index is 0.00000108. The minimum atomic E-state index is 0. The molecule has 17 heavy (non-hydrogen) atoms. The largest absolute Gasteiger partial charge is 0.317 e. The molecular formula is C14H27ClN2. The fourth-order valence-electron chi connectivity index (χ4n) is 3.27. The van der Waals surface area contributed by atoms with Crippen LogP contribution in [0.4, 0.5) is 0 Å². The van der Waals surface area contributed by atoms with Gasteiger partial charge in [-0.15, -0.1) is 12.4 Å². The van der Waals surface area contributed by atoms with Crippen molar-refractivity contribution in [3.8, 4) is 0 Å². The maximum Gasteiger partial charge on any atom is 0.00994 e. The van der Waals surface area contributed by atoms with Gasteiger partial charge in [-0.1, -0.05) is 0 Å². The van der Waals surface area contributed by atoms with Gasteiger partial charge in [-0.3, -0.25) is 4.90 Å². The second-order valence-electron chi connectivity index (χ2n) is 6.20. The Morgan fingerprint density at radius 1 is 1.06 bits per heavy atom. The zero-order chi connectivity index (χ0) is 11.0. The lowest BCUT2D eigenvalue weighted by Crippen LogP contribution is -2.42. The molecule has 0 aromatic carbocycles. The van der Waals surface area contributed by atoms with Crippen molar-refractivity contribution in [3.05, 3.63) is 0 Å². The molecule has 0 spiro atoms. The van der Waals surface area contributed by atoms with Gasteiger partial charge in [0.05, 0.1) is 0 Å². The molecule has 1 saturated heterocycles. The summed E-state index contributed by atoms with van der Waals surface area (Å²) in [6.45, 7) is 6.38. The van der Waals surface area contributed by atoms with Crippen LogP contribution in [-0.2, 0) is 0 Å². The first kappa shape index (κ1) is 13.6. The van der Waals surface area contributed by atoms with Crippen molar-refractivity contribution < 1.29 is 0 Å². The summed E-state index contributed by atoms with van der Waals surface area (Å²) in [4.78, 5) is 2.87. The lowest BCUT2D eigenvalue weighted by Gasteiger charge is -2.34. The first-order valence-electron chi connectivity index (χ1n) is 7.31. The van der Waals surface area contributed by atoms with Crippen molar-refractivity contribution in [2.75, 3.05) is 19.6 Å². The Kier molecular flexibility index (Phi) is 4.73. The number of halogens is 1. The molecule has 0 amide bonds. The quantitative estimate of drug-likeness (QED) is 0.816. The van der Waals surface area contributed by atoms with Crippen LogP contribution in [0.1, 0.15) is 45.4 Å². The number of piperidine rings is 1. The Bertz CT molecular complexity index is 232. The van der Waals surface area contributed by atoms with Crippen LogP contribution in [0, 0.1) is 11.8 Å². The maximum atomic E-state index is 3.48. The Morgan fingerprint density at radius 2 is 1.71 bits per heavy atom. The van der Waals surface area contributed by atoms with Crippen molar-refractivity contribution in [3.63, 3.8) is 0 Å². The van der Waals surface area contributed by atoms with E-state index in [1.54, 1.807) is 0 Å². The highest BCUT2D eigenvalue weighted by atomic mass is 35.5. The van der Waals surface area contributed by atoms with Gasteiger partial charge in [0, 0.05) is 18.6 Å². The second-order valence-corrected chi connectivity index (χ2v) is 6.20. The summed E-state index contributed by atoms with van der Waals surface area (Å²) >= 11 is 0. The van der Waals surface area contributed by atoms with Crippen LogP contribution < -0.4 is 5.32 Å². The lowest BCUT2D eigenvalue weighted by atomic mass is 9.96. The molecule has 0 radical (unpaired) electrons. The highest BCUT2D eigenvalue weighted by Gasteiger charge is 2.39. The molecule has 3 heteroatoms. The smallest absolute Gasteiger partial charge is 0.00994 e. The van der Waals surface area contributed by atoms with Gasteiger partial charge >= 0.3 is 0 Å². The van der Waals surface area contributed by atoms with E-state index in [1.807, 2.05) is 0 Å². The molecule has 2 nitrogen and oxygen atoms in total. The molecule has 1 unspecified atom stereocenters. The van der Waals surface area contributed by atoms with Gasteiger partial charge in [0.25, 0.3) is 0 Å². The first-order valence-corrected chi connectivity index (χ1v) is 7.31. The average Bonchev–Trinajstić information content (AvgIpc) is 3.19. The average molecular weight is 259 g/mol. The zero-order valence-corrected chi connectivity index (χ0v) is 11.8. The van der Waals surface area contributed by atoms with Crippen LogP contribution in [0.25, 0.3) is 0 Å². The van der Waals surface area contributed by atoms with Crippen molar-refractivity contribution in [2.24, 2.45) is 11.8 Å². The van der Waals surface area contributed by atoms with Gasteiger partial charge in [-0.25, -0.2) is 0 Å². The lowest BCUT2D eigenvalue weighted by molar-refractivity contribution is 0.138. The van der Waals surface area contributed by atoms with Crippen LogP contribution in [0.5, 0.6) is 0 Å². The summed E-state index contributed by atoms with van der Waals surface area (Å²) in [7, 11) is 0. The monoisotopic (exact) mass is 258 g/mol. The molecule has 1 aliphatic heterocycles. The minimum absolute atomic E-state index is 0. The van der Waals surface area contributed by atoms with E-state index in [2.05, 4.69) is 17.1 Å². The normalized spacial score (nSPS) is 27.9. The van der Waals surface area contributed by atoms with E-state index >= 15 is 0 Å². The highest BCUT2D eigenvalue weighted by Crippen LogP contribution is 2.40. The first-order chi connectivity index (χ1) is 7.84. The zero-order valence-electron chi connectivity index (χ0n) is 11.0. The number of rotatable bonds is 5. The number of hydrogen-bond acceptors (Lipinski definition) is 2. The third-order valence-electron chi connectivity index (χ3n) is 4.77. The van der Waals surface area contributed by atoms with E-state index in [4.69, 9.17) is 0 Å².